The molecule has 2 aromatic rings. The van der Waals surface area contributed by atoms with Crippen LogP contribution in [0.1, 0.15) is 69.5 Å². The number of rotatable bonds is 13. The van der Waals surface area contributed by atoms with Crippen molar-refractivity contribution in [1.29, 1.82) is 0 Å². The second kappa shape index (κ2) is 13.5. The Morgan fingerprint density at radius 1 is 1.00 bits per heavy atom. The molecule has 2 fully saturated rings. The number of aliphatic hydroxyl groups excluding tert-OH is 1. The number of unbranched alkanes of at least 4 members (excludes halogenated alkanes) is 2. The number of hydrogen-bond acceptors (Lipinski definition) is 7. The first-order chi connectivity index (χ1) is 19.0. The highest BCUT2D eigenvalue weighted by Gasteiger charge is 2.47. The number of amides is 1. The minimum Gasteiger partial charge on any atom is -0.507 e. The van der Waals surface area contributed by atoms with E-state index in [-0.39, 0.29) is 24.0 Å². The Kier molecular flexibility index (Phi) is 9.87. The molecule has 1 amide bonds. The molecule has 2 heterocycles. The Hall–Kier alpha value is -3.52. The molecule has 0 spiro atoms. The molecule has 0 bridgehead atoms. The third-order valence-electron chi connectivity index (χ3n) is 7.12. The fraction of sp³-hybridized carbons (Fsp3) is 0.484. The van der Waals surface area contributed by atoms with Crippen LogP contribution < -0.4 is 14.2 Å². The maximum absolute atomic E-state index is 13.4. The van der Waals surface area contributed by atoms with Crippen molar-refractivity contribution in [3.05, 3.63) is 59.2 Å². The zero-order chi connectivity index (χ0) is 27.8. The van der Waals surface area contributed by atoms with Crippen molar-refractivity contribution in [2.24, 2.45) is 0 Å². The molecule has 0 radical (unpaired) electrons. The number of hydrogen-bond donors (Lipinski definition) is 1. The lowest BCUT2D eigenvalue weighted by Gasteiger charge is -2.28. The van der Waals surface area contributed by atoms with Gasteiger partial charge in [0, 0.05) is 18.7 Å². The molecule has 0 unspecified atom stereocenters. The summed E-state index contributed by atoms with van der Waals surface area (Å²) < 4.78 is 23.0. The number of benzene rings is 2. The van der Waals surface area contributed by atoms with Gasteiger partial charge in [-0.1, -0.05) is 32.8 Å². The smallest absolute Gasteiger partial charge is 0.295 e. The van der Waals surface area contributed by atoms with Crippen LogP contribution in [0.4, 0.5) is 0 Å². The Bertz CT molecular complexity index is 1170. The maximum Gasteiger partial charge on any atom is 0.295 e. The molecule has 8 nitrogen and oxygen atoms in total. The molecular weight excluding hydrogens is 498 g/mol. The van der Waals surface area contributed by atoms with Gasteiger partial charge < -0.3 is 29.0 Å². The Morgan fingerprint density at radius 3 is 2.36 bits per heavy atom. The fourth-order valence-electron chi connectivity index (χ4n) is 4.92. The van der Waals surface area contributed by atoms with Crippen LogP contribution in [0.3, 0.4) is 0 Å². The summed E-state index contributed by atoms with van der Waals surface area (Å²) in [6.45, 7) is 6.24. The highest BCUT2D eigenvalue weighted by molar-refractivity contribution is 6.46. The van der Waals surface area contributed by atoms with Crippen molar-refractivity contribution in [3.8, 4) is 17.2 Å². The van der Waals surface area contributed by atoms with Crippen molar-refractivity contribution in [1.82, 2.24) is 4.90 Å². The van der Waals surface area contributed by atoms with Gasteiger partial charge in [-0.15, -0.1) is 0 Å². The zero-order valence-corrected chi connectivity index (χ0v) is 23.1. The van der Waals surface area contributed by atoms with Crippen molar-refractivity contribution < 1.29 is 33.6 Å². The van der Waals surface area contributed by atoms with Gasteiger partial charge in [-0.3, -0.25) is 9.59 Å². The SMILES string of the molecule is CCCCOc1ccc(C(O)=C2C(=O)C(=O)N(C[C@H]3CCCO3)[C@@H]2c2ccc(OCCCC)c(OC)c2)cc1. The largest absolute Gasteiger partial charge is 0.507 e. The first kappa shape index (κ1) is 28.5. The number of carbonyl (C=O) groups is 2. The first-order valence-corrected chi connectivity index (χ1v) is 13.9. The van der Waals surface area contributed by atoms with E-state index in [9.17, 15) is 14.7 Å². The minimum atomic E-state index is -0.798. The molecule has 0 saturated carbocycles. The lowest BCUT2D eigenvalue weighted by molar-refractivity contribution is -0.140. The quantitative estimate of drug-likeness (QED) is 0.153. The van der Waals surface area contributed by atoms with Gasteiger partial charge in [0.15, 0.2) is 11.5 Å². The monoisotopic (exact) mass is 537 g/mol. The van der Waals surface area contributed by atoms with Crippen molar-refractivity contribution in [3.63, 3.8) is 0 Å². The van der Waals surface area contributed by atoms with Gasteiger partial charge in [-0.2, -0.15) is 0 Å². The van der Waals surface area contributed by atoms with E-state index in [1.54, 1.807) is 43.5 Å². The summed E-state index contributed by atoms with van der Waals surface area (Å²) in [5.74, 6) is 0.165. The van der Waals surface area contributed by atoms with Crippen LogP contribution >= 0.6 is 0 Å². The Labute approximate surface area is 230 Å². The summed E-state index contributed by atoms with van der Waals surface area (Å²) in [5, 5.41) is 11.4. The molecule has 1 N–H and O–H groups in total. The molecule has 0 aliphatic carbocycles. The van der Waals surface area contributed by atoms with E-state index < -0.39 is 17.7 Å². The molecule has 0 aromatic heterocycles. The zero-order valence-electron chi connectivity index (χ0n) is 23.1. The summed E-state index contributed by atoms with van der Waals surface area (Å²) >= 11 is 0. The van der Waals surface area contributed by atoms with E-state index in [1.165, 1.54) is 4.90 Å². The van der Waals surface area contributed by atoms with Crippen LogP contribution in [-0.2, 0) is 14.3 Å². The third-order valence-corrected chi connectivity index (χ3v) is 7.12. The second-order valence-corrected chi connectivity index (χ2v) is 9.93. The highest BCUT2D eigenvalue weighted by atomic mass is 16.5. The molecule has 39 heavy (non-hydrogen) atoms. The predicted octanol–water partition coefficient (Wildman–Crippen LogP) is 5.65. The van der Waals surface area contributed by atoms with Gasteiger partial charge in [0.25, 0.3) is 11.7 Å². The minimum absolute atomic E-state index is 0.0411. The standard InChI is InChI=1S/C31H39NO7/c1-4-6-16-37-23-13-10-21(11-14-23)29(33)27-28(32(31(35)30(27)34)20-24-9-8-18-38-24)22-12-15-25(26(19-22)36-3)39-17-7-5-2/h10-15,19,24,28,33H,4-9,16-18,20H2,1-3H3/t24-,28-/m1/s1. The lowest BCUT2D eigenvalue weighted by atomic mass is 9.94. The third kappa shape index (κ3) is 6.56. The van der Waals surface area contributed by atoms with Crippen LogP contribution in [0.15, 0.2) is 48.0 Å². The van der Waals surface area contributed by atoms with Gasteiger partial charge in [-0.05, 0) is 67.6 Å². The number of carbonyl (C=O) groups excluding carboxylic acids is 2. The molecule has 8 heteroatoms. The highest BCUT2D eigenvalue weighted by Crippen LogP contribution is 2.42. The van der Waals surface area contributed by atoms with E-state index in [2.05, 4.69) is 13.8 Å². The average molecular weight is 538 g/mol. The Morgan fingerprint density at radius 2 is 1.72 bits per heavy atom. The molecule has 2 aliphatic heterocycles. The number of ether oxygens (including phenoxy) is 4. The van der Waals surface area contributed by atoms with Crippen LogP contribution in [0, 0.1) is 0 Å². The average Bonchev–Trinajstić information content (AvgIpc) is 3.56. The van der Waals surface area contributed by atoms with Crippen molar-refractivity contribution >= 4 is 17.4 Å². The number of methoxy groups -OCH3 is 1. The first-order valence-electron chi connectivity index (χ1n) is 13.9. The maximum atomic E-state index is 13.4. The van der Waals surface area contributed by atoms with Crippen LogP contribution in [0.25, 0.3) is 5.76 Å². The summed E-state index contributed by atoms with van der Waals surface area (Å²) in [4.78, 5) is 28.2. The van der Waals surface area contributed by atoms with E-state index in [0.717, 1.165) is 38.5 Å². The Balaban J connectivity index is 1.72. The van der Waals surface area contributed by atoms with Crippen LogP contribution in [0.2, 0.25) is 0 Å². The molecule has 2 atom stereocenters. The van der Waals surface area contributed by atoms with Crippen LogP contribution in [0.5, 0.6) is 17.2 Å². The molecular formula is C31H39NO7. The second-order valence-electron chi connectivity index (χ2n) is 9.93. The molecule has 2 aromatic carbocycles. The molecule has 2 saturated heterocycles. The van der Waals surface area contributed by atoms with Crippen molar-refractivity contribution in [2.45, 2.75) is 64.5 Å². The van der Waals surface area contributed by atoms with Gasteiger partial charge in [-0.25, -0.2) is 0 Å². The normalized spacial score (nSPS) is 20.4. The van der Waals surface area contributed by atoms with Crippen molar-refractivity contribution in [2.75, 3.05) is 33.5 Å². The molecule has 4 rings (SSSR count). The van der Waals surface area contributed by atoms with E-state index in [4.69, 9.17) is 18.9 Å². The summed E-state index contributed by atoms with van der Waals surface area (Å²) in [5.41, 5.74) is 1.12. The number of nitrogens with zero attached hydrogens (tertiary/aromatic N) is 1. The van der Waals surface area contributed by atoms with Gasteiger partial charge in [0.1, 0.15) is 11.5 Å². The predicted molar refractivity (Wildman–Crippen MR) is 148 cm³/mol. The van der Waals surface area contributed by atoms with Gasteiger partial charge >= 0.3 is 0 Å². The number of aliphatic hydroxyl groups is 1. The fourth-order valence-corrected chi connectivity index (χ4v) is 4.92. The van der Waals surface area contributed by atoms with E-state index in [1.807, 2.05) is 6.07 Å². The topological polar surface area (TPSA) is 94.5 Å². The number of Topliss-reactive ketones (excluding diaryl/α,β-unsaturated/α-hetero) is 1. The molecule has 2 aliphatic rings. The van der Waals surface area contributed by atoms with Gasteiger partial charge in [0.2, 0.25) is 0 Å². The van der Waals surface area contributed by atoms with E-state index in [0.29, 0.717) is 48.2 Å². The number of ketones is 1. The van der Waals surface area contributed by atoms with Gasteiger partial charge in [0.05, 0.1) is 38.0 Å². The summed E-state index contributed by atoms with van der Waals surface area (Å²) in [6, 6.07) is 11.5. The lowest BCUT2D eigenvalue weighted by Crippen LogP contribution is -2.36. The number of likely N-dealkylation sites (tertiary alicyclic amines) is 1. The summed E-state index contributed by atoms with van der Waals surface area (Å²) in [6.07, 6.45) is 5.44. The summed E-state index contributed by atoms with van der Waals surface area (Å²) in [7, 11) is 1.55. The molecule has 210 valence electrons. The van der Waals surface area contributed by atoms with E-state index >= 15 is 0 Å². The van der Waals surface area contributed by atoms with Crippen LogP contribution in [-0.4, -0.2) is 61.3 Å².